The number of fused-ring (bicyclic) bond motifs is 3. The Hall–Kier alpha value is -1.31. The number of hydrogen-bond acceptors (Lipinski definition) is 2. The van der Waals surface area contributed by atoms with Gasteiger partial charge in [-0.25, -0.2) is 4.79 Å². The second-order valence-corrected chi connectivity index (χ2v) is 11.5. The van der Waals surface area contributed by atoms with Gasteiger partial charge >= 0.3 is 5.97 Å². The third-order valence-electron chi connectivity index (χ3n) is 9.33. The van der Waals surface area contributed by atoms with Gasteiger partial charge in [0.15, 0.2) is 0 Å². The van der Waals surface area contributed by atoms with E-state index in [0.29, 0.717) is 11.3 Å². The van der Waals surface area contributed by atoms with Crippen LogP contribution in [0.3, 0.4) is 0 Å². The number of unbranched alkanes of at least 4 members (excludes halogenated alkanes) is 4. The molecule has 1 aromatic carbocycles. The zero-order valence-electron chi connectivity index (χ0n) is 20.8. The maximum absolute atomic E-state index is 13.0. The van der Waals surface area contributed by atoms with Crippen LogP contribution in [0, 0.1) is 11.3 Å². The van der Waals surface area contributed by atoms with Crippen LogP contribution in [-0.2, 0) is 4.74 Å². The van der Waals surface area contributed by atoms with Crippen molar-refractivity contribution in [2.75, 3.05) is 0 Å². The molecule has 32 heavy (non-hydrogen) atoms. The van der Waals surface area contributed by atoms with E-state index in [9.17, 15) is 4.79 Å². The van der Waals surface area contributed by atoms with E-state index < -0.39 is 0 Å². The van der Waals surface area contributed by atoms with Gasteiger partial charge in [-0.3, -0.25) is 0 Å². The minimum Gasteiger partial charge on any atom is -0.455 e. The van der Waals surface area contributed by atoms with Gasteiger partial charge in [0, 0.05) is 0 Å². The molecule has 0 spiro atoms. The van der Waals surface area contributed by atoms with Crippen LogP contribution in [-0.4, -0.2) is 11.6 Å². The number of ether oxygens (including phenoxy) is 1. The van der Waals surface area contributed by atoms with E-state index in [0.717, 1.165) is 30.7 Å². The van der Waals surface area contributed by atoms with Gasteiger partial charge < -0.3 is 4.74 Å². The van der Waals surface area contributed by atoms with Gasteiger partial charge in [0.1, 0.15) is 5.60 Å². The quantitative estimate of drug-likeness (QED) is 0.254. The van der Waals surface area contributed by atoms with Crippen LogP contribution < -0.4 is 0 Å². The highest BCUT2D eigenvalue weighted by atomic mass is 16.6. The standard InChI is InChI=1S/C30H46O2/c1-3-5-7-9-24-10-11-27(23-24)25-12-14-26(15-13-25)28(31)32-30-20-17-29(18-21-30,19-22-30)16-8-6-4-2/h12-15,24,27H,3-11,16-23H2,1-2H3/t24-,27-,29?,30?/m0/s1. The second kappa shape index (κ2) is 10.7. The number of benzene rings is 1. The van der Waals surface area contributed by atoms with Crippen LogP contribution in [0.1, 0.15) is 145 Å². The first-order valence-electron chi connectivity index (χ1n) is 13.9. The van der Waals surface area contributed by atoms with Gasteiger partial charge in [-0.15, -0.1) is 0 Å². The van der Waals surface area contributed by atoms with Crippen molar-refractivity contribution in [2.45, 2.75) is 135 Å². The Balaban J connectivity index is 1.27. The fraction of sp³-hybridized carbons (Fsp3) is 0.767. The van der Waals surface area contributed by atoms with E-state index in [1.165, 1.54) is 95.5 Å². The molecule has 2 heteroatoms. The maximum atomic E-state index is 13.0. The summed E-state index contributed by atoms with van der Waals surface area (Å²) in [5, 5.41) is 0. The Morgan fingerprint density at radius 1 is 0.875 bits per heavy atom. The van der Waals surface area contributed by atoms with Crippen LogP contribution in [0.5, 0.6) is 0 Å². The molecule has 0 aromatic heterocycles. The van der Waals surface area contributed by atoms with Gasteiger partial charge in [0.05, 0.1) is 5.56 Å². The number of esters is 1. The molecule has 2 bridgehead atoms. The van der Waals surface area contributed by atoms with Crippen molar-refractivity contribution in [3.05, 3.63) is 35.4 Å². The monoisotopic (exact) mass is 438 g/mol. The molecule has 4 fully saturated rings. The molecule has 0 heterocycles. The normalized spacial score (nSPS) is 31.7. The topological polar surface area (TPSA) is 26.3 Å². The third kappa shape index (κ3) is 5.60. The Morgan fingerprint density at radius 3 is 2.19 bits per heavy atom. The van der Waals surface area contributed by atoms with Crippen LogP contribution in [0.25, 0.3) is 0 Å². The molecule has 0 radical (unpaired) electrons. The molecule has 2 nitrogen and oxygen atoms in total. The second-order valence-electron chi connectivity index (χ2n) is 11.5. The lowest BCUT2D eigenvalue weighted by Gasteiger charge is -2.53. The van der Waals surface area contributed by atoms with E-state index in [1.54, 1.807) is 0 Å². The van der Waals surface area contributed by atoms with Crippen LogP contribution in [0.4, 0.5) is 0 Å². The molecule has 5 rings (SSSR count). The summed E-state index contributed by atoms with van der Waals surface area (Å²) in [6, 6.07) is 8.46. The molecule has 4 saturated carbocycles. The highest BCUT2D eigenvalue weighted by Crippen LogP contribution is 2.56. The molecular weight excluding hydrogens is 392 g/mol. The van der Waals surface area contributed by atoms with Gasteiger partial charge in [-0.05, 0) is 99.2 Å². The average molecular weight is 439 g/mol. The minimum atomic E-state index is -0.181. The summed E-state index contributed by atoms with van der Waals surface area (Å²) in [5.41, 5.74) is 2.54. The smallest absolute Gasteiger partial charge is 0.338 e. The molecule has 0 amide bonds. The maximum Gasteiger partial charge on any atom is 0.338 e. The van der Waals surface area contributed by atoms with Gasteiger partial charge in [0.2, 0.25) is 0 Å². The Labute approximate surface area is 196 Å². The van der Waals surface area contributed by atoms with E-state index in [2.05, 4.69) is 26.0 Å². The molecular formula is C30H46O2. The molecule has 2 atom stereocenters. The first-order valence-corrected chi connectivity index (χ1v) is 13.9. The van der Waals surface area contributed by atoms with E-state index in [-0.39, 0.29) is 11.6 Å². The van der Waals surface area contributed by atoms with Gasteiger partial charge in [0.25, 0.3) is 0 Å². The summed E-state index contributed by atoms with van der Waals surface area (Å²) in [6.45, 7) is 4.57. The molecule has 0 aliphatic heterocycles. The molecule has 4 aliphatic rings. The van der Waals surface area contributed by atoms with Crippen molar-refractivity contribution in [3.8, 4) is 0 Å². The average Bonchev–Trinajstić information content (AvgIpc) is 3.30. The van der Waals surface area contributed by atoms with Crippen molar-refractivity contribution in [1.29, 1.82) is 0 Å². The lowest BCUT2D eigenvalue weighted by atomic mass is 9.57. The van der Waals surface area contributed by atoms with E-state index in [1.807, 2.05) is 12.1 Å². The highest BCUT2D eigenvalue weighted by Gasteiger charge is 2.50. The van der Waals surface area contributed by atoms with Crippen molar-refractivity contribution < 1.29 is 9.53 Å². The van der Waals surface area contributed by atoms with Crippen molar-refractivity contribution in [3.63, 3.8) is 0 Å². The van der Waals surface area contributed by atoms with Crippen LogP contribution in [0.15, 0.2) is 24.3 Å². The largest absolute Gasteiger partial charge is 0.455 e. The number of carbonyl (C=O) groups is 1. The fourth-order valence-corrected chi connectivity index (χ4v) is 6.98. The minimum absolute atomic E-state index is 0.0965. The molecule has 178 valence electrons. The molecule has 0 N–H and O–H groups in total. The number of carbonyl (C=O) groups excluding carboxylic acids is 1. The summed E-state index contributed by atoms with van der Waals surface area (Å²) in [6.07, 6.45) is 21.9. The summed E-state index contributed by atoms with van der Waals surface area (Å²) in [5.74, 6) is 1.49. The summed E-state index contributed by atoms with van der Waals surface area (Å²) >= 11 is 0. The summed E-state index contributed by atoms with van der Waals surface area (Å²) in [4.78, 5) is 13.0. The fourth-order valence-electron chi connectivity index (χ4n) is 6.98. The first kappa shape index (κ1) is 23.8. The van der Waals surface area contributed by atoms with Crippen molar-refractivity contribution in [1.82, 2.24) is 0 Å². The highest BCUT2D eigenvalue weighted by molar-refractivity contribution is 5.89. The molecule has 1 aromatic rings. The third-order valence-corrected chi connectivity index (χ3v) is 9.33. The van der Waals surface area contributed by atoms with Gasteiger partial charge in [-0.2, -0.15) is 0 Å². The SMILES string of the molecule is CCCCC[C@H]1CC[C@H](c2ccc(C(=O)OC34CCC(CCCCC)(CC3)CC4)cc2)C1. The Morgan fingerprint density at radius 2 is 1.53 bits per heavy atom. The lowest BCUT2D eigenvalue weighted by Crippen LogP contribution is -2.48. The van der Waals surface area contributed by atoms with E-state index in [4.69, 9.17) is 4.74 Å². The van der Waals surface area contributed by atoms with Gasteiger partial charge in [-0.1, -0.05) is 70.9 Å². The van der Waals surface area contributed by atoms with E-state index >= 15 is 0 Å². The predicted molar refractivity (Wildman–Crippen MR) is 133 cm³/mol. The number of rotatable bonds is 11. The van der Waals surface area contributed by atoms with Crippen molar-refractivity contribution in [2.24, 2.45) is 11.3 Å². The Bertz CT molecular complexity index is 709. The Kier molecular flexibility index (Phi) is 8.00. The first-order chi connectivity index (χ1) is 15.6. The number of hydrogen-bond donors (Lipinski definition) is 0. The zero-order chi connectivity index (χ0) is 22.4. The predicted octanol–water partition coefficient (Wildman–Crippen LogP) is 8.98. The summed E-state index contributed by atoms with van der Waals surface area (Å²) < 4.78 is 6.22. The van der Waals surface area contributed by atoms with Crippen LogP contribution >= 0.6 is 0 Å². The summed E-state index contributed by atoms with van der Waals surface area (Å²) in [7, 11) is 0. The molecule has 0 saturated heterocycles. The molecule has 4 aliphatic carbocycles. The lowest BCUT2D eigenvalue weighted by molar-refractivity contribution is -0.106. The zero-order valence-corrected chi connectivity index (χ0v) is 20.8. The van der Waals surface area contributed by atoms with Crippen LogP contribution in [0.2, 0.25) is 0 Å². The molecule has 0 unspecified atom stereocenters. The van der Waals surface area contributed by atoms with Crippen molar-refractivity contribution >= 4 is 5.97 Å².